The maximum absolute atomic E-state index is 11.8. The van der Waals surface area contributed by atoms with Crippen molar-refractivity contribution in [3.8, 4) is 0 Å². The Bertz CT molecular complexity index is 407. The Hall–Kier alpha value is -0.880. The van der Waals surface area contributed by atoms with Crippen LogP contribution in [0.4, 0.5) is 0 Å². The van der Waals surface area contributed by atoms with Gasteiger partial charge in [0.2, 0.25) is 0 Å². The molecule has 6 heteroatoms. The molecule has 0 saturated heterocycles. The van der Waals surface area contributed by atoms with E-state index < -0.39 is 10.0 Å². The van der Waals surface area contributed by atoms with Crippen LogP contribution in [0.5, 0.6) is 0 Å². The van der Waals surface area contributed by atoms with Crippen molar-refractivity contribution in [1.29, 1.82) is 0 Å². The Balaban J connectivity index is 1.89. The number of sulfonamides is 1. The Morgan fingerprint density at radius 3 is 2.75 bits per heavy atom. The summed E-state index contributed by atoms with van der Waals surface area (Å²) in [4.78, 5) is 0. The lowest BCUT2D eigenvalue weighted by Crippen LogP contribution is -2.30. The van der Waals surface area contributed by atoms with Crippen molar-refractivity contribution < 1.29 is 8.42 Å². The van der Waals surface area contributed by atoms with E-state index in [4.69, 9.17) is 0 Å². The molecule has 1 aromatic heterocycles. The first kappa shape index (κ1) is 11.6. The van der Waals surface area contributed by atoms with E-state index in [9.17, 15) is 8.42 Å². The molecule has 5 nitrogen and oxygen atoms in total. The van der Waals surface area contributed by atoms with Crippen LogP contribution in [0.2, 0.25) is 0 Å². The van der Waals surface area contributed by atoms with Crippen LogP contribution in [0.25, 0.3) is 0 Å². The summed E-state index contributed by atoms with van der Waals surface area (Å²) in [7, 11) is -3.38. The molecule has 1 aliphatic carbocycles. The van der Waals surface area contributed by atoms with Crippen LogP contribution in [0, 0.1) is 5.92 Å². The summed E-state index contributed by atoms with van der Waals surface area (Å²) < 4.78 is 26.1. The Morgan fingerprint density at radius 1 is 1.38 bits per heavy atom. The van der Waals surface area contributed by atoms with E-state index >= 15 is 0 Å². The molecular weight excluding hydrogens is 226 g/mol. The smallest absolute Gasteiger partial charge is 0.257 e. The van der Waals surface area contributed by atoms with Crippen molar-refractivity contribution in [2.24, 2.45) is 5.92 Å². The summed E-state index contributed by atoms with van der Waals surface area (Å²) in [5.41, 5.74) is 0. The first-order valence-corrected chi connectivity index (χ1v) is 7.16. The lowest BCUT2D eigenvalue weighted by atomic mass is 9.90. The van der Waals surface area contributed by atoms with Crippen molar-refractivity contribution in [3.63, 3.8) is 0 Å². The van der Waals surface area contributed by atoms with Crippen molar-refractivity contribution in [2.75, 3.05) is 6.54 Å². The summed E-state index contributed by atoms with van der Waals surface area (Å²) >= 11 is 0. The molecule has 0 atom stereocenters. The molecule has 1 fully saturated rings. The van der Waals surface area contributed by atoms with E-state index in [0.29, 0.717) is 12.5 Å². The minimum atomic E-state index is -3.38. The van der Waals surface area contributed by atoms with E-state index in [1.807, 2.05) is 0 Å². The molecule has 1 aromatic rings. The number of nitrogens with one attached hydrogen (secondary N) is 2. The first-order chi connectivity index (χ1) is 7.68. The highest BCUT2D eigenvalue weighted by atomic mass is 32.2. The number of aromatic nitrogens is 2. The Morgan fingerprint density at radius 2 is 2.12 bits per heavy atom. The standard InChI is InChI=1S/C10H17N3O2S/c14-16(15,10-6-7-11-13-10)12-8-9-4-2-1-3-5-9/h6-7,9,12H,1-5,8H2,(H,11,13). The second-order valence-electron chi connectivity index (χ2n) is 4.28. The van der Waals surface area contributed by atoms with Crippen molar-refractivity contribution in [1.82, 2.24) is 14.9 Å². The minimum Gasteiger partial charge on any atom is -0.266 e. The monoisotopic (exact) mass is 243 g/mol. The highest BCUT2D eigenvalue weighted by molar-refractivity contribution is 7.89. The SMILES string of the molecule is O=S(=O)(NCC1CCCCC1)c1ccn[nH]1. The van der Waals surface area contributed by atoms with Gasteiger partial charge in [-0.05, 0) is 24.8 Å². The van der Waals surface area contributed by atoms with Gasteiger partial charge in [0.25, 0.3) is 10.0 Å². The third-order valence-corrected chi connectivity index (χ3v) is 4.40. The molecule has 0 spiro atoms. The van der Waals surface area contributed by atoms with Crippen molar-refractivity contribution >= 4 is 10.0 Å². The largest absolute Gasteiger partial charge is 0.266 e. The number of hydrogen-bond acceptors (Lipinski definition) is 3. The molecule has 1 saturated carbocycles. The second kappa shape index (κ2) is 4.97. The summed E-state index contributed by atoms with van der Waals surface area (Å²) in [6, 6.07) is 1.46. The highest BCUT2D eigenvalue weighted by Crippen LogP contribution is 2.23. The number of H-pyrrole nitrogens is 1. The second-order valence-corrected chi connectivity index (χ2v) is 6.01. The molecule has 2 rings (SSSR count). The van der Waals surface area contributed by atoms with E-state index in [-0.39, 0.29) is 5.03 Å². The average Bonchev–Trinajstić information content (AvgIpc) is 2.82. The zero-order chi connectivity index (χ0) is 11.4. The fraction of sp³-hybridized carbons (Fsp3) is 0.700. The third kappa shape index (κ3) is 2.82. The number of aromatic amines is 1. The zero-order valence-corrected chi connectivity index (χ0v) is 9.96. The van der Waals surface area contributed by atoms with Gasteiger partial charge in [-0.3, -0.25) is 5.10 Å². The van der Waals surface area contributed by atoms with Crippen LogP contribution < -0.4 is 4.72 Å². The van der Waals surface area contributed by atoms with Gasteiger partial charge in [0, 0.05) is 6.54 Å². The average molecular weight is 243 g/mol. The van der Waals surface area contributed by atoms with E-state index in [2.05, 4.69) is 14.9 Å². The maximum atomic E-state index is 11.8. The predicted octanol–water partition coefficient (Wildman–Crippen LogP) is 1.27. The molecule has 0 amide bonds. The van der Waals surface area contributed by atoms with Gasteiger partial charge in [0.15, 0.2) is 5.03 Å². The van der Waals surface area contributed by atoms with Gasteiger partial charge < -0.3 is 0 Å². The van der Waals surface area contributed by atoms with E-state index in [1.54, 1.807) is 0 Å². The maximum Gasteiger partial charge on any atom is 0.257 e. The quantitative estimate of drug-likeness (QED) is 0.836. The van der Waals surface area contributed by atoms with Crippen LogP contribution >= 0.6 is 0 Å². The molecule has 90 valence electrons. The number of hydrogen-bond donors (Lipinski definition) is 2. The van der Waals surface area contributed by atoms with Crippen LogP contribution in [0.3, 0.4) is 0 Å². The van der Waals surface area contributed by atoms with Crippen molar-refractivity contribution in [3.05, 3.63) is 12.3 Å². The normalized spacial score (nSPS) is 18.8. The molecule has 0 bridgehead atoms. The van der Waals surface area contributed by atoms with Gasteiger partial charge in [-0.2, -0.15) is 5.10 Å². The fourth-order valence-corrected chi connectivity index (χ4v) is 3.11. The van der Waals surface area contributed by atoms with Crippen LogP contribution in [0.1, 0.15) is 32.1 Å². The molecule has 0 unspecified atom stereocenters. The van der Waals surface area contributed by atoms with Gasteiger partial charge in [0.1, 0.15) is 0 Å². The summed E-state index contributed by atoms with van der Waals surface area (Å²) in [5.74, 6) is 0.492. The van der Waals surface area contributed by atoms with E-state index in [0.717, 1.165) is 12.8 Å². The Labute approximate surface area is 95.7 Å². The molecule has 0 radical (unpaired) electrons. The predicted molar refractivity (Wildman–Crippen MR) is 60.4 cm³/mol. The fourth-order valence-electron chi connectivity index (χ4n) is 2.09. The lowest BCUT2D eigenvalue weighted by Gasteiger charge is -2.21. The third-order valence-electron chi connectivity index (χ3n) is 3.05. The Kier molecular flexibility index (Phi) is 3.60. The molecule has 0 aliphatic heterocycles. The van der Waals surface area contributed by atoms with Crippen LogP contribution in [-0.2, 0) is 10.0 Å². The van der Waals surface area contributed by atoms with Gasteiger partial charge >= 0.3 is 0 Å². The highest BCUT2D eigenvalue weighted by Gasteiger charge is 2.19. The number of nitrogens with zero attached hydrogens (tertiary/aromatic N) is 1. The lowest BCUT2D eigenvalue weighted by molar-refractivity contribution is 0.357. The van der Waals surface area contributed by atoms with Gasteiger partial charge in [0.05, 0.1) is 6.20 Å². The van der Waals surface area contributed by atoms with Crippen LogP contribution in [-0.4, -0.2) is 25.2 Å². The number of rotatable bonds is 4. The molecule has 2 N–H and O–H groups in total. The topological polar surface area (TPSA) is 74.8 Å². The molecule has 0 aromatic carbocycles. The van der Waals surface area contributed by atoms with Crippen molar-refractivity contribution in [2.45, 2.75) is 37.1 Å². The summed E-state index contributed by atoms with van der Waals surface area (Å²) in [5, 5.41) is 6.25. The van der Waals surface area contributed by atoms with E-state index in [1.165, 1.54) is 31.5 Å². The first-order valence-electron chi connectivity index (χ1n) is 5.67. The summed E-state index contributed by atoms with van der Waals surface area (Å²) in [6.45, 7) is 0.543. The molecule has 1 aliphatic rings. The minimum absolute atomic E-state index is 0.142. The molecule has 1 heterocycles. The zero-order valence-electron chi connectivity index (χ0n) is 9.15. The molecular formula is C10H17N3O2S. The molecule has 16 heavy (non-hydrogen) atoms. The van der Waals surface area contributed by atoms with Gasteiger partial charge in [-0.25, -0.2) is 13.1 Å². The summed E-state index contributed by atoms with van der Waals surface area (Å²) in [6.07, 6.45) is 7.42. The van der Waals surface area contributed by atoms with Gasteiger partial charge in [-0.15, -0.1) is 0 Å². The van der Waals surface area contributed by atoms with Gasteiger partial charge in [-0.1, -0.05) is 19.3 Å². The van der Waals surface area contributed by atoms with Crippen LogP contribution in [0.15, 0.2) is 17.3 Å².